The van der Waals surface area contributed by atoms with E-state index in [1.54, 1.807) is 4.90 Å². The highest BCUT2D eigenvalue weighted by atomic mass is 16.3. The summed E-state index contributed by atoms with van der Waals surface area (Å²) in [6.07, 6.45) is 1.48. The SMILES string of the molecule is CC1CC1C(=O)NCCC(=O)N1CC(O)CC1CN(C)C. The summed E-state index contributed by atoms with van der Waals surface area (Å²) in [5.74, 6) is 0.721. The number of nitrogens with one attached hydrogen (secondary N) is 1. The zero-order valence-electron chi connectivity index (χ0n) is 13.2. The molecule has 2 aliphatic rings. The van der Waals surface area contributed by atoms with E-state index in [2.05, 4.69) is 12.2 Å². The van der Waals surface area contributed by atoms with Crippen LogP contribution in [0.25, 0.3) is 0 Å². The fourth-order valence-electron chi connectivity index (χ4n) is 3.05. The number of amides is 2. The van der Waals surface area contributed by atoms with Crippen molar-refractivity contribution in [3.05, 3.63) is 0 Å². The fourth-order valence-corrected chi connectivity index (χ4v) is 3.05. The van der Waals surface area contributed by atoms with E-state index in [1.165, 1.54) is 0 Å². The summed E-state index contributed by atoms with van der Waals surface area (Å²) in [6, 6.07) is 0.0710. The molecule has 1 saturated heterocycles. The monoisotopic (exact) mass is 297 g/mol. The third-order valence-electron chi connectivity index (χ3n) is 4.37. The van der Waals surface area contributed by atoms with Crippen molar-refractivity contribution in [3.8, 4) is 0 Å². The molecule has 1 aliphatic heterocycles. The van der Waals surface area contributed by atoms with Crippen LogP contribution in [0, 0.1) is 11.8 Å². The topological polar surface area (TPSA) is 72.9 Å². The Morgan fingerprint density at radius 3 is 2.57 bits per heavy atom. The molecule has 6 heteroatoms. The largest absolute Gasteiger partial charge is 0.391 e. The summed E-state index contributed by atoms with van der Waals surface area (Å²) >= 11 is 0. The van der Waals surface area contributed by atoms with E-state index in [0.29, 0.717) is 31.8 Å². The number of β-amino-alcohol motifs (C(OH)–C–C–N with tert-alkyl or cyclic N) is 1. The van der Waals surface area contributed by atoms with Gasteiger partial charge in [0.25, 0.3) is 0 Å². The summed E-state index contributed by atoms with van der Waals surface area (Å²) in [5.41, 5.74) is 0. The minimum absolute atomic E-state index is 0.0162. The molecule has 2 fully saturated rings. The van der Waals surface area contributed by atoms with Crippen molar-refractivity contribution in [3.63, 3.8) is 0 Å². The van der Waals surface area contributed by atoms with Crippen molar-refractivity contribution in [1.29, 1.82) is 0 Å². The Labute approximate surface area is 126 Å². The smallest absolute Gasteiger partial charge is 0.224 e. The molecule has 1 saturated carbocycles. The van der Waals surface area contributed by atoms with Crippen LogP contribution in [0.5, 0.6) is 0 Å². The average Bonchev–Trinajstić information content (AvgIpc) is 3.00. The molecule has 1 aliphatic carbocycles. The number of aliphatic hydroxyl groups excluding tert-OH is 1. The van der Waals surface area contributed by atoms with Gasteiger partial charge in [0.05, 0.1) is 6.10 Å². The molecular formula is C15H27N3O3. The van der Waals surface area contributed by atoms with Gasteiger partial charge in [0.15, 0.2) is 0 Å². The van der Waals surface area contributed by atoms with E-state index in [-0.39, 0.29) is 23.8 Å². The van der Waals surface area contributed by atoms with Crippen molar-refractivity contribution >= 4 is 11.8 Å². The Bertz CT molecular complexity index is 400. The predicted octanol–water partition coefficient (Wildman–Crippen LogP) is -0.328. The van der Waals surface area contributed by atoms with Crippen molar-refractivity contribution in [1.82, 2.24) is 15.1 Å². The lowest BCUT2D eigenvalue weighted by Gasteiger charge is -2.26. The number of likely N-dealkylation sites (tertiary alicyclic amines) is 1. The minimum atomic E-state index is -0.430. The van der Waals surface area contributed by atoms with E-state index >= 15 is 0 Å². The zero-order valence-corrected chi connectivity index (χ0v) is 13.2. The molecule has 0 aromatic heterocycles. The lowest BCUT2D eigenvalue weighted by molar-refractivity contribution is -0.132. The third-order valence-corrected chi connectivity index (χ3v) is 4.37. The summed E-state index contributed by atoms with van der Waals surface area (Å²) in [5, 5.41) is 12.6. The van der Waals surface area contributed by atoms with Gasteiger partial charge < -0.3 is 20.2 Å². The molecule has 4 atom stereocenters. The number of carbonyl (C=O) groups excluding carboxylic acids is 2. The first-order chi connectivity index (χ1) is 9.88. The molecule has 0 radical (unpaired) electrons. The second kappa shape index (κ2) is 6.75. The third kappa shape index (κ3) is 4.41. The Morgan fingerprint density at radius 1 is 1.33 bits per heavy atom. The number of carbonyl (C=O) groups is 2. The molecule has 4 unspecified atom stereocenters. The van der Waals surface area contributed by atoms with Crippen LogP contribution >= 0.6 is 0 Å². The first-order valence-electron chi connectivity index (χ1n) is 7.78. The van der Waals surface area contributed by atoms with E-state index in [1.807, 2.05) is 19.0 Å². The van der Waals surface area contributed by atoms with Gasteiger partial charge in [-0.05, 0) is 32.9 Å². The minimum Gasteiger partial charge on any atom is -0.391 e. The van der Waals surface area contributed by atoms with Crippen molar-refractivity contribution < 1.29 is 14.7 Å². The molecular weight excluding hydrogens is 270 g/mol. The maximum Gasteiger partial charge on any atom is 0.224 e. The lowest BCUT2D eigenvalue weighted by Crippen LogP contribution is -2.42. The van der Waals surface area contributed by atoms with Gasteiger partial charge in [-0.1, -0.05) is 6.92 Å². The van der Waals surface area contributed by atoms with E-state index in [0.717, 1.165) is 13.0 Å². The Hall–Kier alpha value is -1.14. The van der Waals surface area contributed by atoms with Crippen LogP contribution in [0.1, 0.15) is 26.2 Å². The second-order valence-electron chi connectivity index (χ2n) is 6.71. The van der Waals surface area contributed by atoms with Crippen molar-refractivity contribution in [2.75, 3.05) is 33.7 Å². The van der Waals surface area contributed by atoms with Crippen molar-refractivity contribution in [2.45, 2.75) is 38.3 Å². The second-order valence-corrected chi connectivity index (χ2v) is 6.71. The maximum atomic E-state index is 12.3. The molecule has 0 spiro atoms. The van der Waals surface area contributed by atoms with Gasteiger partial charge in [0.2, 0.25) is 11.8 Å². The molecule has 2 amide bonds. The standard InChI is InChI=1S/C15H27N3O3/c1-10-6-13(10)15(21)16-5-4-14(20)18-9-12(19)7-11(18)8-17(2)3/h10-13,19H,4-9H2,1-3H3,(H,16,21). The van der Waals surface area contributed by atoms with Crippen LogP contribution in [0.4, 0.5) is 0 Å². The summed E-state index contributed by atoms with van der Waals surface area (Å²) in [4.78, 5) is 27.7. The highest BCUT2D eigenvalue weighted by Crippen LogP contribution is 2.37. The van der Waals surface area contributed by atoms with Gasteiger partial charge in [-0.2, -0.15) is 0 Å². The first kappa shape index (κ1) is 16.2. The Kier molecular flexibility index (Phi) is 5.22. The van der Waals surface area contributed by atoms with Gasteiger partial charge in [0, 0.05) is 38.0 Å². The summed E-state index contributed by atoms with van der Waals surface area (Å²) < 4.78 is 0. The van der Waals surface area contributed by atoms with E-state index < -0.39 is 6.10 Å². The van der Waals surface area contributed by atoms with Gasteiger partial charge in [-0.25, -0.2) is 0 Å². The molecule has 120 valence electrons. The number of hydrogen-bond acceptors (Lipinski definition) is 4. The van der Waals surface area contributed by atoms with Gasteiger partial charge >= 0.3 is 0 Å². The van der Waals surface area contributed by atoms with Crippen LogP contribution in [0.3, 0.4) is 0 Å². The highest BCUT2D eigenvalue weighted by molar-refractivity contribution is 5.82. The normalized spacial score (nSPS) is 31.6. The van der Waals surface area contributed by atoms with Crippen LogP contribution < -0.4 is 5.32 Å². The van der Waals surface area contributed by atoms with Gasteiger partial charge in [0.1, 0.15) is 0 Å². The fraction of sp³-hybridized carbons (Fsp3) is 0.867. The van der Waals surface area contributed by atoms with Crippen LogP contribution in [0.2, 0.25) is 0 Å². The van der Waals surface area contributed by atoms with Crippen molar-refractivity contribution in [2.24, 2.45) is 11.8 Å². The number of likely N-dealkylation sites (N-methyl/N-ethyl adjacent to an activating group) is 1. The van der Waals surface area contributed by atoms with Crippen LogP contribution in [-0.4, -0.2) is 72.6 Å². The summed E-state index contributed by atoms with van der Waals surface area (Å²) in [7, 11) is 3.93. The van der Waals surface area contributed by atoms with Crippen LogP contribution in [0.15, 0.2) is 0 Å². The molecule has 0 aromatic carbocycles. The number of rotatable bonds is 6. The van der Waals surface area contributed by atoms with E-state index in [9.17, 15) is 14.7 Å². The molecule has 2 N–H and O–H groups in total. The number of aliphatic hydroxyl groups is 1. The van der Waals surface area contributed by atoms with E-state index in [4.69, 9.17) is 0 Å². The molecule has 6 nitrogen and oxygen atoms in total. The molecule has 0 bridgehead atoms. The van der Waals surface area contributed by atoms with Crippen LogP contribution in [-0.2, 0) is 9.59 Å². The molecule has 21 heavy (non-hydrogen) atoms. The van der Waals surface area contributed by atoms with Gasteiger partial charge in [-0.3, -0.25) is 9.59 Å². The Morgan fingerprint density at radius 2 is 2.00 bits per heavy atom. The first-order valence-corrected chi connectivity index (χ1v) is 7.78. The lowest BCUT2D eigenvalue weighted by atomic mass is 10.2. The predicted molar refractivity (Wildman–Crippen MR) is 79.6 cm³/mol. The zero-order chi connectivity index (χ0) is 15.6. The quantitative estimate of drug-likeness (QED) is 0.704. The molecule has 2 rings (SSSR count). The Balaban J connectivity index is 1.74. The number of nitrogens with zero attached hydrogens (tertiary/aromatic N) is 2. The summed E-state index contributed by atoms with van der Waals surface area (Å²) in [6.45, 7) is 3.62. The average molecular weight is 297 g/mol. The number of hydrogen-bond donors (Lipinski definition) is 2. The molecule has 0 aromatic rings. The highest BCUT2D eigenvalue weighted by Gasteiger charge is 2.39. The molecule has 1 heterocycles. The maximum absolute atomic E-state index is 12.3. The van der Waals surface area contributed by atoms with Gasteiger partial charge in [-0.15, -0.1) is 0 Å².